The Balaban J connectivity index is 1.79. The van der Waals surface area contributed by atoms with Gasteiger partial charge in [-0.3, -0.25) is 9.59 Å². The molecule has 0 aliphatic rings. The zero-order valence-corrected chi connectivity index (χ0v) is 22.9. The van der Waals surface area contributed by atoms with E-state index < -0.39 is 34.4 Å². The van der Waals surface area contributed by atoms with Crippen LogP contribution >= 0.6 is 23.2 Å². The highest BCUT2D eigenvalue weighted by Gasteiger charge is 2.30. The summed E-state index contributed by atoms with van der Waals surface area (Å²) in [6, 6.07) is 22.4. The van der Waals surface area contributed by atoms with Gasteiger partial charge >= 0.3 is 0 Å². The quantitative estimate of drug-likeness (QED) is 0.373. The van der Waals surface area contributed by atoms with E-state index in [0.717, 1.165) is 21.7 Å². The average molecular weight is 563 g/mol. The first-order valence-electron chi connectivity index (χ1n) is 11.6. The molecule has 0 spiro atoms. The van der Waals surface area contributed by atoms with Gasteiger partial charge in [0.05, 0.1) is 12.8 Å². The van der Waals surface area contributed by atoms with Gasteiger partial charge in [0.25, 0.3) is 0 Å². The number of carbonyl (C=O) groups is 2. The van der Waals surface area contributed by atoms with Crippen LogP contribution in [0, 0.1) is 0 Å². The minimum atomic E-state index is -3.71. The predicted octanol–water partition coefficient (Wildman–Crippen LogP) is 4.49. The molecule has 3 rings (SSSR count). The Morgan fingerprint density at radius 2 is 1.46 bits per heavy atom. The van der Waals surface area contributed by atoms with Gasteiger partial charge in [0, 0.05) is 29.7 Å². The van der Waals surface area contributed by atoms with E-state index in [1.165, 1.54) is 4.90 Å². The SMILES string of the molecule is C[C@H](C(=O)NCc1ccc(Cl)cc1Cl)N(Cc1ccccc1)C(=O)CN(Cc1ccccc1)S(C)(=O)=O. The smallest absolute Gasteiger partial charge is 0.242 e. The second-order valence-electron chi connectivity index (χ2n) is 8.65. The van der Waals surface area contributed by atoms with E-state index in [1.54, 1.807) is 49.4 Å². The first kappa shape index (κ1) is 28.7. The third-order valence-electron chi connectivity index (χ3n) is 5.81. The van der Waals surface area contributed by atoms with Crippen LogP contribution in [0.1, 0.15) is 23.6 Å². The number of hydrogen-bond donors (Lipinski definition) is 1. The molecule has 0 aliphatic carbocycles. The summed E-state index contributed by atoms with van der Waals surface area (Å²) in [4.78, 5) is 28.0. The lowest BCUT2D eigenvalue weighted by atomic mass is 10.1. The summed E-state index contributed by atoms with van der Waals surface area (Å²) >= 11 is 12.2. The highest BCUT2D eigenvalue weighted by Crippen LogP contribution is 2.21. The zero-order valence-electron chi connectivity index (χ0n) is 20.6. The lowest BCUT2D eigenvalue weighted by Gasteiger charge is -2.31. The van der Waals surface area contributed by atoms with Gasteiger partial charge in [-0.1, -0.05) is 89.9 Å². The molecule has 37 heavy (non-hydrogen) atoms. The first-order valence-corrected chi connectivity index (χ1v) is 14.2. The van der Waals surface area contributed by atoms with Crippen molar-refractivity contribution in [3.63, 3.8) is 0 Å². The largest absolute Gasteiger partial charge is 0.350 e. The molecule has 0 aromatic heterocycles. The van der Waals surface area contributed by atoms with Crippen molar-refractivity contribution < 1.29 is 18.0 Å². The predicted molar refractivity (Wildman–Crippen MR) is 146 cm³/mol. The van der Waals surface area contributed by atoms with Gasteiger partial charge in [-0.2, -0.15) is 4.31 Å². The fourth-order valence-electron chi connectivity index (χ4n) is 3.68. The van der Waals surface area contributed by atoms with Gasteiger partial charge < -0.3 is 10.2 Å². The van der Waals surface area contributed by atoms with Crippen LogP contribution < -0.4 is 5.32 Å². The number of carbonyl (C=O) groups excluding carboxylic acids is 2. The third kappa shape index (κ3) is 8.57. The molecule has 2 amide bonds. The Hall–Kier alpha value is -2.91. The first-order chi connectivity index (χ1) is 17.5. The van der Waals surface area contributed by atoms with E-state index in [0.29, 0.717) is 15.6 Å². The third-order valence-corrected chi connectivity index (χ3v) is 7.60. The zero-order chi connectivity index (χ0) is 27.0. The summed E-state index contributed by atoms with van der Waals surface area (Å²) in [7, 11) is -3.71. The Labute approximate surface area is 228 Å². The van der Waals surface area contributed by atoms with Gasteiger partial charge in [-0.25, -0.2) is 8.42 Å². The van der Waals surface area contributed by atoms with Crippen molar-refractivity contribution in [2.75, 3.05) is 12.8 Å². The topological polar surface area (TPSA) is 86.8 Å². The molecule has 10 heteroatoms. The van der Waals surface area contributed by atoms with Crippen molar-refractivity contribution in [3.8, 4) is 0 Å². The van der Waals surface area contributed by atoms with Crippen molar-refractivity contribution in [1.29, 1.82) is 0 Å². The second kappa shape index (κ2) is 13.1. The summed E-state index contributed by atoms with van der Waals surface area (Å²) in [5.74, 6) is -0.887. The van der Waals surface area contributed by atoms with Crippen molar-refractivity contribution in [2.45, 2.75) is 32.6 Å². The molecule has 0 radical (unpaired) electrons. The van der Waals surface area contributed by atoms with Gasteiger partial charge in [0.15, 0.2) is 0 Å². The molecule has 0 saturated carbocycles. The van der Waals surface area contributed by atoms with Crippen molar-refractivity contribution >= 4 is 45.0 Å². The van der Waals surface area contributed by atoms with Crippen molar-refractivity contribution in [2.24, 2.45) is 0 Å². The van der Waals surface area contributed by atoms with Crippen LogP contribution in [0.15, 0.2) is 78.9 Å². The van der Waals surface area contributed by atoms with Crippen molar-refractivity contribution in [3.05, 3.63) is 106 Å². The van der Waals surface area contributed by atoms with E-state index in [2.05, 4.69) is 5.32 Å². The molecular formula is C27H29Cl2N3O4S. The fourth-order valence-corrected chi connectivity index (χ4v) is 4.88. The van der Waals surface area contributed by atoms with Crippen LogP contribution in [-0.2, 0) is 39.2 Å². The van der Waals surface area contributed by atoms with Crippen LogP contribution in [0.2, 0.25) is 10.0 Å². The highest BCUT2D eigenvalue weighted by molar-refractivity contribution is 7.88. The van der Waals surface area contributed by atoms with Crippen LogP contribution in [0.4, 0.5) is 0 Å². The van der Waals surface area contributed by atoms with Gasteiger partial charge in [0.1, 0.15) is 6.04 Å². The maximum Gasteiger partial charge on any atom is 0.242 e. The number of amides is 2. The van der Waals surface area contributed by atoms with Gasteiger partial charge in [0.2, 0.25) is 21.8 Å². The maximum absolute atomic E-state index is 13.5. The average Bonchev–Trinajstić information content (AvgIpc) is 2.86. The number of nitrogens with zero attached hydrogens (tertiary/aromatic N) is 2. The Morgan fingerprint density at radius 3 is 2.00 bits per heavy atom. The summed E-state index contributed by atoms with van der Waals surface area (Å²) in [5.41, 5.74) is 2.24. The lowest BCUT2D eigenvalue weighted by Crippen LogP contribution is -2.50. The van der Waals surface area contributed by atoms with E-state index in [1.807, 2.05) is 36.4 Å². The Kier molecular flexibility index (Phi) is 10.1. The molecule has 196 valence electrons. The molecule has 0 unspecified atom stereocenters. The molecule has 1 N–H and O–H groups in total. The molecule has 0 bridgehead atoms. The summed E-state index contributed by atoms with van der Waals surface area (Å²) in [6.07, 6.45) is 1.07. The number of hydrogen-bond acceptors (Lipinski definition) is 4. The maximum atomic E-state index is 13.5. The van der Waals surface area contributed by atoms with Crippen LogP contribution in [0.3, 0.4) is 0 Å². The summed E-state index contributed by atoms with van der Waals surface area (Å²) < 4.78 is 26.2. The summed E-state index contributed by atoms with van der Waals surface area (Å²) in [6.45, 7) is 1.54. The normalized spacial score (nSPS) is 12.2. The second-order valence-corrected chi connectivity index (χ2v) is 11.5. The molecule has 0 heterocycles. The minimum Gasteiger partial charge on any atom is -0.350 e. The van der Waals surface area contributed by atoms with E-state index in [4.69, 9.17) is 23.2 Å². The summed E-state index contributed by atoms with van der Waals surface area (Å²) in [5, 5.41) is 3.72. The van der Waals surface area contributed by atoms with Crippen LogP contribution in [0.5, 0.6) is 0 Å². The molecule has 1 atom stereocenters. The number of sulfonamides is 1. The van der Waals surface area contributed by atoms with Crippen molar-refractivity contribution in [1.82, 2.24) is 14.5 Å². The van der Waals surface area contributed by atoms with E-state index >= 15 is 0 Å². The molecule has 7 nitrogen and oxygen atoms in total. The molecular weight excluding hydrogens is 533 g/mol. The number of benzene rings is 3. The highest BCUT2D eigenvalue weighted by atomic mass is 35.5. The number of nitrogens with one attached hydrogen (secondary N) is 1. The lowest BCUT2D eigenvalue weighted by molar-refractivity contribution is -0.140. The standard InChI is InChI=1S/C27H29Cl2N3O4S/c1-20(27(34)30-16-23-13-14-24(28)15-25(23)29)32(18-22-11-7-4-8-12-22)26(33)19-31(37(2,35)36)17-21-9-5-3-6-10-21/h3-15,20H,16-19H2,1-2H3,(H,30,34)/t20-/m1/s1. The molecule has 0 fully saturated rings. The molecule has 0 aliphatic heterocycles. The minimum absolute atomic E-state index is 0.0419. The van der Waals surface area contributed by atoms with Gasteiger partial charge in [-0.05, 0) is 35.7 Å². The Morgan fingerprint density at radius 1 is 0.892 bits per heavy atom. The number of halogens is 2. The Bertz CT molecular complexity index is 1320. The molecule has 0 saturated heterocycles. The van der Waals surface area contributed by atoms with Crippen LogP contribution in [-0.4, -0.2) is 48.3 Å². The fraction of sp³-hybridized carbons (Fsp3) is 0.259. The van der Waals surface area contributed by atoms with Gasteiger partial charge in [-0.15, -0.1) is 0 Å². The van der Waals surface area contributed by atoms with E-state index in [-0.39, 0.29) is 19.6 Å². The monoisotopic (exact) mass is 561 g/mol. The van der Waals surface area contributed by atoms with E-state index in [9.17, 15) is 18.0 Å². The number of rotatable bonds is 11. The molecule has 3 aromatic carbocycles. The molecule has 3 aromatic rings. The van der Waals surface area contributed by atoms with Crippen LogP contribution in [0.25, 0.3) is 0 Å².